The minimum absolute atomic E-state index is 0.0303. The third-order valence-corrected chi connectivity index (χ3v) is 5.17. The van der Waals surface area contributed by atoms with E-state index in [1.54, 1.807) is 0 Å². The normalized spacial score (nSPS) is 13.4. The first-order chi connectivity index (χ1) is 14.2. The van der Waals surface area contributed by atoms with Crippen LogP contribution in [0.15, 0.2) is 57.5 Å². The molecular weight excluding hydrogens is 392 g/mol. The lowest BCUT2D eigenvalue weighted by molar-refractivity contribution is -0.147. The number of carbonyl (C=O) groups excluding carboxylic acids is 2. The van der Waals surface area contributed by atoms with Crippen molar-refractivity contribution in [2.75, 3.05) is 6.54 Å². The summed E-state index contributed by atoms with van der Waals surface area (Å²) >= 11 is 1.49. The van der Waals surface area contributed by atoms with Gasteiger partial charge in [0.2, 0.25) is 11.7 Å². The number of benzene rings is 1. The number of thiophene rings is 1. The fraction of sp³-hybridized carbons (Fsp3) is 0.250. The average Bonchev–Trinajstić information content (AvgIpc) is 3.52. The van der Waals surface area contributed by atoms with Crippen LogP contribution in [0.4, 0.5) is 0 Å². The maximum absolute atomic E-state index is 12.3. The summed E-state index contributed by atoms with van der Waals surface area (Å²) in [4.78, 5) is 29.3. The van der Waals surface area contributed by atoms with Crippen molar-refractivity contribution in [3.05, 3.63) is 59.3 Å². The summed E-state index contributed by atoms with van der Waals surface area (Å²) < 4.78 is 10.2. The van der Waals surface area contributed by atoms with E-state index in [2.05, 4.69) is 15.2 Å². The minimum atomic E-state index is -0.499. The summed E-state index contributed by atoms with van der Waals surface area (Å²) in [7, 11) is 0. The Bertz CT molecular complexity index is 1010. The second kappa shape index (κ2) is 8.78. The molecule has 1 aliphatic heterocycles. The zero-order chi connectivity index (χ0) is 20.1. The second-order valence-electron chi connectivity index (χ2n) is 6.33. The van der Waals surface area contributed by atoms with Crippen molar-refractivity contribution in [2.45, 2.75) is 25.9 Å². The van der Waals surface area contributed by atoms with Crippen molar-refractivity contribution in [1.82, 2.24) is 15.1 Å². The molecule has 3 heterocycles. The molecule has 1 amide bonds. The molecule has 0 fully saturated rings. The summed E-state index contributed by atoms with van der Waals surface area (Å²) in [6.45, 7) is 0.400. The van der Waals surface area contributed by atoms with Gasteiger partial charge in [-0.25, -0.2) is 5.01 Å². The van der Waals surface area contributed by atoms with E-state index in [1.165, 1.54) is 16.3 Å². The first-order valence-electron chi connectivity index (χ1n) is 9.14. The van der Waals surface area contributed by atoms with Crippen LogP contribution >= 0.6 is 11.3 Å². The van der Waals surface area contributed by atoms with Gasteiger partial charge in [-0.2, -0.15) is 10.1 Å². The van der Waals surface area contributed by atoms with Crippen LogP contribution in [0, 0.1) is 0 Å². The van der Waals surface area contributed by atoms with Crippen molar-refractivity contribution >= 4 is 28.9 Å². The van der Waals surface area contributed by atoms with Gasteiger partial charge in [0, 0.05) is 12.8 Å². The smallest absolute Gasteiger partial charge is 0.306 e. The molecule has 9 heteroatoms. The average molecular weight is 410 g/mol. The van der Waals surface area contributed by atoms with Crippen molar-refractivity contribution in [2.24, 2.45) is 5.10 Å². The number of carbonyl (C=O) groups is 2. The molecule has 148 valence electrons. The van der Waals surface area contributed by atoms with Crippen LogP contribution in [0.3, 0.4) is 0 Å². The van der Waals surface area contributed by atoms with Gasteiger partial charge in [0.1, 0.15) is 0 Å². The molecular formula is C20H18N4O4S. The van der Waals surface area contributed by atoms with Gasteiger partial charge in [-0.1, -0.05) is 41.6 Å². The highest BCUT2D eigenvalue weighted by Gasteiger charge is 2.22. The molecule has 0 unspecified atom stereocenters. The Hall–Kier alpha value is -3.33. The fourth-order valence-corrected chi connectivity index (χ4v) is 3.49. The lowest BCUT2D eigenvalue weighted by Crippen LogP contribution is -2.24. The number of aromatic nitrogens is 2. The van der Waals surface area contributed by atoms with Crippen molar-refractivity contribution in [1.29, 1.82) is 0 Å². The van der Waals surface area contributed by atoms with Crippen LogP contribution in [0.25, 0.3) is 10.7 Å². The summed E-state index contributed by atoms with van der Waals surface area (Å²) in [5, 5.41) is 11.6. The molecule has 1 aromatic carbocycles. The number of nitrogens with zero attached hydrogens (tertiary/aromatic N) is 4. The molecule has 0 bridgehead atoms. The van der Waals surface area contributed by atoms with Crippen molar-refractivity contribution < 1.29 is 18.8 Å². The number of esters is 1. The highest BCUT2D eigenvalue weighted by Crippen LogP contribution is 2.21. The topological polar surface area (TPSA) is 97.9 Å². The Labute approximate surface area is 170 Å². The Morgan fingerprint density at radius 3 is 2.79 bits per heavy atom. The maximum atomic E-state index is 12.3. The summed E-state index contributed by atoms with van der Waals surface area (Å²) in [5.41, 5.74) is 1.88. The summed E-state index contributed by atoms with van der Waals surface area (Å²) in [6, 6.07) is 13.5. The minimum Gasteiger partial charge on any atom is -0.456 e. The number of rotatable bonds is 7. The molecule has 0 saturated carbocycles. The van der Waals surface area contributed by atoms with Gasteiger partial charge in [-0.05, 0) is 17.0 Å². The van der Waals surface area contributed by atoms with Crippen molar-refractivity contribution in [3.8, 4) is 10.7 Å². The second-order valence-corrected chi connectivity index (χ2v) is 7.28. The molecule has 2 aromatic heterocycles. The van der Waals surface area contributed by atoms with E-state index >= 15 is 0 Å². The number of hydrazone groups is 1. The van der Waals surface area contributed by atoms with Gasteiger partial charge in [-0.3, -0.25) is 9.59 Å². The Morgan fingerprint density at radius 2 is 2.00 bits per heavy atom. The van der Waals surface area contributed by atoms with Gasteiger partial charge < -0.3 is 9.26 Å². The third kappa shape index (κ3) is 4.75. The molecule has 0 saturated heterocycles. The van der Waals surface area contributed by atoms with Gasteiger partial charge in [0.05, 0.1) is 23.6 Å². The lowest BCUT2D eigenvalue weighted by atomic mass is 10.1. The Morgan fingerprint density at radius 1 is 1.14 bits per heavy atom. The van der Waals surface area contributed by atoms with E-state index in [4.69, 9.17) is 9.26 Å². The number of amides is 1. The summed E-state index contributed by atoms with van der Waals surface area (Å²) in [5.74, 6) is -0.0293. The van der Waals surface area contributed by atoms with Gasteiger partial charge in [-0.15, -0.1) is 11.3 Å². The first-order valence-corrected chi connectivity index (χ1v) is 10.0. The summed E-state index contributed by atoms with van der Waals surface area (Å²) in [6.07, 6.45) is 0.704. The SMILES string of the molecule is O=C(CCC(=O)N1CCC(c2ccccc2)=N1)OCc1nc(-c2cccs2)no1. The van der Waals surface area contributed by atoms with Crippen LogP contribution in [0.2, 0.25) is 0 Å². The zero-order valence-corrected chi connectivity index (χ0v) is 16.3. The van der Waals surface area contributed by atoms with E-state index in [0.29, 0.717) is 18.8 Å². The molecule has 0 atom stereocenters. The molecule has 0 radical (unpaired) electrons. The third-order valence-electron chi connectivity index (χ3n) is 4.31. The quantitative estimate of drug-likeness (QED) is 0.555. The van der Waals surface area contributed by atoms with E-state index in [-0.39, 0.29) is 31.2 Å². The van der Waals surface area contributed by atoms with Gasteiger partial charge in [0.15, 0.2) is 6.61 Å². The molecule has 29 heavy (non-hydrogen) atoms. The largest absolute Gasteiger partial charge is 0.456 e. The molecule has 0 spiro atoms. The Kier molecular flexibility index (Phi) is 5.76. The van der Waals surface area contributed by atoms with E-state index in [9.17, 15) is 9.59 Å². The molecule has 8 nitrogen and oxygen atoms in total. The van der Waals surface area contributed by atoms with Crippen LogP contribution in [0.5, 0.6) is 0 Å². The van der Waals surface area contributed by atoms with Crippen LogP contribution < -0.4 is 0 Å². The Balaban J connectivity index is 1.23. The van der Waals surface area contributed by atoms with E-state index < -0.39 is 5.97 Å². The molecule has 0 aliphatic carbocycles. The molecule has 4 rings (SSSR count). The van der Waals surface area contributed by atoms with Gasteiger partial charge >= 0.3 is 5.97 Å². The standard InChI is InChI=1S/C20H18N4O4S/c25-18(24-11-10-15(22-24)14-5-2-1-3-6-14)8-9-19(26)27-13-17-21-20(23-28-17)16-7-4-12-29-16/h1-7,12H,8-11,13H2. The number of ether oxygens (including phenoxy) is 1. The first kappa shape index (κ1) is 19.0. The van der Waals surface area contributed by atoms with Crippen LogP contribution in [-0.2, 0) is 20.9 Å². The lowest BCUT2D eigenvalue weighted by Gasteiger charge is -2.10. The maximum Gasteiger partial charge on any atom is 0.306 e. The van der Waals surface area contributed by atoms with E-state index in [0.717, 1.165) is 16.2 Å². The fourth-order valence-electron chi connectivity index (χ4n) is 2.84. The van der Waals surface area contributed by atoms with E-state index in [1.807, 2.05) is 47.8 Å². The molecule has 1 aliphatic rings. The predicted molar refractivity (Wildman–Crippen MR) is 106 cm³/mol. The predicted octanol–water partition coefficient (Wildman–Crippen LogP) is 3.26. The zero-order valence-electron chi connectivity index (χ0n) is 15.5. The van der Waals surface area contributed by atoms with Crippen molar-refractivity contribution in [3.63, 3.8) is 0 Å². The highest BCUT2D eigenvalue weighted by molar-refractivity contribution is 7.13. The molecule has 3 aromatic rings. The monoisotopic (exact) mass is 410 g/mol. The van der Waals surface area contributed by atoms with Gasteiger partial charge in [0.25, 0.3) is 5.89 Å². The van der Waals surface area contributed by atoms with Crippen LogP contribution in [0.1, 0.15) is 30.7 Å². The highest BCUT2D eigenvalue weighted by atomic mass is 32.1. The number of hydrogen-bond donors (Lipinski definition) is 0. The van der Waals surface area contributed by atoms with Crippen LogP contribution in [-0.4, -0.2) is 39.3 Å². The number of hydrogen-bond acceptors (Lipinski definition) is 8. The molecule has 0 N–H and O–H groups in total.